The Morgan fingerprint density at radius 1 is 1.18 bits per heavy atom. The zero-order valence-electron chi connectivity index (χ0n) is 12.8. The average molecular weight is 320 g/mol. The molecule has 2 rings (SSSR count). The summed E-state index contributed by atoms with van der Waals surface area (Å²) < 4.78 is 5.92. The Balaban J connectivity index is 2.03. The first kappa shape index (κ1) is 16.8. The Hall–Kier alpha value is -1.55. The molecule has 2 aromatic rings. The Morgan fingerprint density at radius 3 is 2.64 bits per heavy atom. The number of hydrogen-bond acceptors (Lipinski definition) is 3. The Morgan fingerprint density at radius 2 is 1.95 bits per heavy atom. The summed E-state index contributed by atoms with van der Waals surface area (Å²) in [6, 6.07) is 15.8. The van der Waals surface area contributed by atoms with Gasteiger partial charge in [-0.2, -0.15) is 0 Å². The van der Waals surface area contributed by atoms with Crippen molar-refractivity contribution in [2.24, 2.45) is 0 Å². The maximum Gasteiger partial charge on any atom is 0.124 e. The second-order valence-corrected chi connectivity index (χ2v) is 5.63. The zero-order chi connectivity index (χ0) is 15.8. The van der Waals surface area contributed by atoms with Crippen molar-refractivity contribution < 1.29 is 9.84 Å². The SMILES string of the molecule is CCC(CO)NCc1cc(Cl)ccc1OCc1ccccc1. The molecule has 1 atom stereocenters. The normalized spacial score (nSPS) is 12.1. The highest BCUT2D eigenvalue weighted by molar-refractivity contribution is 6.30. The third-order valence-corrected chi connectivity index (χ3v) is 3.79. The summed E-state index contributed by atoms with van der Waals surface area (Å²) >= 11 is 6.08. The molecule has 118 valence electrons. The van der Waals surface area contributed by atoms with Gasteiger partial charge in [-0.3, -0.25) is 0 Å². The minimum absolute atomic E-state index is 0.0842. The first-order valence-corrected chi connectivity index (χ1v) is 7.90. The van der Waals surface area contributed by atoms with Crippen LogP contribution in [0, 0.1) is 0 Å². The molecule has 0 saturated heterocycles. The van der Waals surface area contributed by atoms with E-state index in [2.05, 4.69) is 5.32 Å². The highest BCUT2D eigenvalue weighted by atomic mass is 35.5. The average Bonchev–Trinajstić information content (AvgIpc) is 2.56. The molecule has 2 N–H and O–H groups in total. The lowest BCUT2D eigenvalue weighted by Gasteiger charge is -2.17. The van der Waals surface area contributed by atoms with Gasteiger partial charge in [-0.25, -0.2) is 0 Å². The van der Waals surface area contributed by atoms with Gasteiger partial charge in [0.1, 0.15) is 12.4 Å². The fourth-order valence-corrected chi connectivity index (χ4v) is 2.35. The maximum absolute atomic E-state index is 9.26. The van der Waals surface area contributed by atoms with Crippen molar-refractivity contribution in [3.8, 4) is 5.75 Å². The third kappa shape index (κ3) is 5.02. The highest BCUT2D eigenvalue weighted by Crippen LogP contribution is 2.24. The summed E-state index contributed by atoms with van der Waals surface area (Å²) in [6.07, 6.45) is 0.872. The van der Waals surface area contributed by atoms with Crippen LogP contribution in [0.2, 0.25) is 5.02 Å². The number of aliphatic hydroxyl groups excluding tert-OH is 1. The van der Waals surface area contributed by atoms with Gasteiger partial charge in [0.15, 0.2) is 0 Å². The van der Waals surface area contributed by atoms with E-state index < -0.39 is 0 Å². The van der Waals surface area contributed by atoms with Crippen LogP contribution in [0.4, 0.5) is 0 Å². The Kier molecular flexibility index (Phi) is 6.72. The van der Waals surface area contributed by atoms with Gasteiger partial charge in [-0.15, -0.1) is 0 Å². The largest absolute Gasteiger partial charge is 0.489 e. The standard InChI is InChI=1S/C18H22ClNO2/c1-2-17(12-21)20-11-15-10-16(19)8-9-18(15)22-13-14-6-4-3-5-7-14/h3-10,17,20-21H,2,11-13H2,1H3. The van der Waals surface area contributed by atoms with Gasteiger partial charge in [0, 0.05) is 23.2 Å². The van der Waals surface area contributed by atoms with Crippen molar-refractivity contribution in [2.45, 2.75) is 32.5 Å². The molecule has 4 heteroatoms. The van der Waals surface area contributed by atoms with Gasteiger partial charge in [-0.05, 0) is 30.2 Å². The van der Waals surface area contributed by atoms with Gasteiger partial charge < -0.3 is 15.2 Å². The number of nitrogens with one attached hydrogen (secondary N) is 1. The minimum Gasteiger partial charge on any atom is -0.489 e. The summed E-state index contributed by atoms with van der Waals surface area (Å²) in [5, 5.41) is 13.3. The van der Waals surface area contributed by atoms with Gasteiger partial charge in [0.25, 0.3) is 0 Å². The van der Waals surface area contributed by atoms with Crippen molar-refractivity contribution in [3.63, 3.8) is 0 Å². The molecule has 2 aromatic carbocycles. The molecule has 22 heavy (non-hydrogen) atoms. The third-order valence-electron chi connectivity index (χ3n) is 3.55. The van der Waals surface area contributed by atoms with E-state index >= 15 is 0 Å². The van der Waals surface area contributed by atoms with Crippen molar-refractivity contribution >= 4 is 11.6 Å². The van der Waals surface area contributed by atoms with Crippen molar-refractivity contribution in [1.82, 2.24) is 5.32 Å². The fraction of sp³-hybridized carbons (Fsp3) is 0.333. The van der Waals surface area contributed by atoms with Gasteiger partial charge in [0.2, 0.25) is 0 Å². The van der Waals surface area contributed by atoms with Crippen LogP contribution in [0.15, 0.2) is 48.5 Å². The van der Waals surface area contributed by atoms with Crippen LogP contribution in [-0.4, -0.2) is 17.8 Å². The van der Waals surface area contributed by atoms with E-state index in [0.717, 1.165) is 23.3 Å². The van der Waals surface area contributed by atoms with Gasteiger partial charge in [0.05, 0.1) is 6.61 Å². The van der Waals surface area contributed by atoms with Crippen LogP contribution in [0.3, 0.4) is 0 Å². The molecule has 0 aromatic heterocycles. The molecular weight excluding hydrogens is 298 g/mol. The first-order valence-electron chi connectivity index (χ1n) is 7.52. The van der Waals surface area contributed by atoms with Gasteiger partial charge >= 0.3 is 0 Å². The van der Waals surface area contributed by atoms with Crippen LogP contribution < -0.4 is 10.1 Å². The summed E-state index contributed by atoms with van der Waals surface area (Å²) in [5.74, 6) is 0.813. The number of hydrogen-bond donors (Lipinski definition) is 2. The molecule has 3 nitrogen and oxygen atoms in total. The van der Waals surface area contributed by atoms with Crippen LogP contribution in [0.5, 0.6) is 5.75 Å². The quantitative estimate of drug-likeness (QED) is 0.778. The van der Waals surface area contributed by atoms with Crippen LogP contribution in [-0.2, 0) is 13.2 Å². The smallest absolute Gasteiger partial charge is 0.124 e. The predicted octanol–water partition coefficient (Wildman–Crippen LogP) is 3.78. The molecule has 0 heterocycles. The molecule has 0 fully saturated rings. The molecular formula is C18H22ClNO2. The van der Waals surface area contributed by atoms with Crippen LogP contribution in [0.25, 0.3) is 0 Å². The maximum atomic E-state index is 9.26. The lowest BCUT2D eigenvalue weighted by molar-refractivity contribution is 0.237. The Labute approximate surface area is 136 Å². The predicted molar refractivity (Wildman–Crippen MR) is 90.2 cm³/mol. The van der Waals surface area contributed by atoms with Crippen LogP contribution in [0.1, 0.15) is 24.5 Å². The second kappa shape index (κ2) is 8.79. The molecule has 0 radical (unpaired) electrons. The lowest BCUT2D eigenvalue weighted by atomic mass is 10.1. The second-order valence-electron chi connectivity index (χ2n) is 5.19. The topological polar surface area (TPSA) is 41.5 Å². The number of aliphatic hydroxyl groups is 1. The van der Waals surface area contributed by atoms with Crippen LogP contribution >= 0.6 is 11.6 Å². The number of halogens is 1. The van der Waals surface area contributed by atoms with E-state index in [1.54, 1.807) is 0 Å². The summed E-state index contributed by atoms with van der Waals surface area (Å²) in [4.78, 5) is 0. The first-order chi connectivity index (χ1) is 10.7. The van der Waals surface area contributed by atoms with Gasteiger partial charge in [-0.1, -0.05) is 48.9 Å². The molecule has 0 amide bonds. The molecule has 1 unspecified atom stereocenters. The number of rotatable bonds is 8. The van der Waals surface area contributed by atoms with E-state index in [9.17, 15) is 5.11 Å². The minimum atomic E-state index is 0.0842. The highest BCUT2D eigenvalue weighted by Gasteiger charge is 2.08. The molecule has 0 spiro atoms. The van der Waals surface area contributed by atoms with E-state index in [1.807, 2.05) is 55.5 Å². The molecule has 0 aliphatic heterocycles. The fourth-order valence-electron chi connectivity index (χ4n) is 2.15. The van der Waals surface area contributed by atoms with Crippen molar-refractivity contribution in [3.05, 3.63) is 64.7 Å². The zero-order valence-corrected chi connectivity index (χ0v) is 13.5. The molecule has 0 aliphatic carbocycles. The summed E-state index contributed by atoms with van der Waals surface area (Å²) in [6.45, 7) is 3.30. The van der Waals surface area contributed by atoms with Crippen molar-refractivity contribution in [1.29, 1.82) is 0 Å². The molecule has 0 bridgehead atoms. The van der Waals surface area contributed by atoms with E-state index in [0.29, 0.717) is 18.2 Å². The number of ether oxygens (including phenoxy) is 1. The van der Waals surface area contributed by atoms with E-state index in [4.69, 9.17) is 16.3 Å². The molecule has 0 aliphatic rings. The lowest BCUT2D eigenvalue weighted by Crippen LogP contribution is -2.31. The number of benzene rings is 2. The van der Waals surface area contributed by atoms with E-state index in [-0.39, 0.29) is 12.6 Å². The summed E-state index contributed by atoms with van der Waals surface area (Å²) in [5.41, 5.74) is 2.12. The monoisotopic (exact) mass is 319 g/mol. The summed E-state index contributed by atoms with van der Waals surface area (Å²) in [7, 11) is 0. The van der Waals surface area contributed by atoms with E-state index in [1.165, 1.54) is 0 Å². The molecule has 0 saturated carbocycles. The van der Waals surface area contributed by atoms with Crippen molar-refractivity contribution in [2.75, 3.05) is 6.61 Å². The Bertz CT molecular complexity index is 571.